The fourth-order valence-electron chi connectivity index (χ4n) is 2.38. The summed E-state index contributed by atoms with van der Waals surface area (Å²) in [5.41, 5.74) is 8.79. The van der Waals surface area contributed by atoms with Crippen molar-refractivity contribution in [1.29, 1.82) is 0 Å². The van der Waals surface area contributed by atoms with Gasteiger partial charge in [-0.15, -0.1) is 0 Å². The molecule has 2 N–H and O–H groups in total. The van der Waals surface area contributed by atoms with Gasteiger partial charge in [0, 0.05) is 18.6 Å². The van der Waals surface area contributed by atoms with Gasteiger partial charge >= 0.3 is 0 Å². The molecule has 0 bridgehead atoms. The van der Waals surface area contributed by atoms with Crippen LogP contribution in [0.15, 0.2) is 47.2 Å². The number of hydrogen-bond donors (Lipinski definition) is 1. The summed E-state index contributed by atoms with van der Waals surface area (Å²) >= 11 is 1.74. The summed E-state index contributed by atoms with van der Waals surface area (Å²) in [5.74, 6) is 0. The Hall–Kier alpha value is -1.16. The molecule has 0 aliphatic carbocycles. The van der Waals surface area contributed by atoms with E-state index in [9.17, 15) is 0 Å². The van der Waals surface area contributed by atoms with Crippen LogP contribution in [0, 0.1) is 0 Å². The van der Waals surface area contributed by atoms with E-state index in [0.717, 1.165) is 6.54 Å². The third kappa shape index (κ3) is 3.19. The minimum Gasteiger partial charge on any atom is -0.326 e. The van der Waals surface area contributed by atoms with Gasteiger partial charge in [-0.1, -0.05) is 30.3 Å². The standard InChI is InChI=1S/C15H20N2S/c1-12(16)15(14-6-4-3-5-7-14)17(2)10-13-8-9-18-11-13/h3-9,11-12,15H,10,16H2,1-2H3. The van der Waals surface area contributed by atoms with E-state index >= 15 is 0 Å². The lowest BCUT2D eigenvalue weighted by atomic mass is 9.99. The van der Waals surface area contributed by atoms with Gasteiger partial charge in [-0.2, -0.15) is 11.3 Å². The Bertz CT molecular complexity index is 451. The molecule has 0 saturated heterocycles. The Morgan fingerprint density at radius 3 is 2.50 bits per heavy atom. The quantitative estimate of drug-likeness (QED) is 0.894. The van der Waals surface area contributed by atoms with Gasteiger partial charge in [0.1, 0.15) is 0 Å². The zero-order valence-electron chi connectivity index (χ0n) is 10.9. The highest BCUT2D eigenvalue weighted by atomic mass is 32.1. The van der Waals surface area contributed by atoms with Gasteiger partial charge in [-0.25, -0.2) is 0 Å². The summed E-state index contributed by atoms with van der Waals surface area (Å²) in [6.45, 7) is 3.01. The van der Waals surface area contributed by atoms with Crippen LogP contribution < -0.4 is 5.73 Å². The molecule has 1 heterocycles. The summed E-state index contributed by atoms with van der Waals surface area (Å²) in [5, 5.41) is 4.31. The molecule has 0 fully saturated rings. The minimum atomic E-state index is 0.107. The van der Waals surface area contributed by atoms with Crippen LogP contribution in [0.4, 0.5) is 0 Å². The molecular weight excluding hydrogens is 240 g/mol. The number of nitrogens with two attached hydrogens (primary N) is 1. The highest BCUT2D eigenvalue weighted by Crippen LogP contribution is 2.24. The van der Waals surface area contributed by atoms with Crippen LogP contribution in [0.25, 0.3) is 0 Å². The zero-order chi connectivity index (χ0) is 13.0. The van der Waals surface area contributed by atoms with Crippen molar-refractivity contribution < 1.29 is 0 Å². The highest BCUT2D eigenvalue weighted by Gasteiger charge is 2.20. The molecule has 2 aromatic rings. The van der Waals surface area contributed by atoms with Crippen molar-refractivity contribution in [3.05, 3.63) is 58.3 Å². The summed E-state index contributed by atoms with van der Waals surface area (Å²) in [6, 6.07) is 13.0. The number of hydrogen-bond acceptors (Lipinski definition) is 3. The third-order valence-corrected chi connectivity index (χ3v) is 3.86. The lowest BCUT2D eigenvalue weighted by Crippen LogP contribution is -2.36. The first kappa shape index (κ1) is 13.3. The number of rotatable bonds is 5. The second-order valence-corrected chi connectivity index (χ2v) is 5.54. The predicted molar refractivity (Wildman–Crippen MR) is 78.6 cm³/mol. The predicted octanol–water partition coefficient (Wildman–Crippen LogP) is 3.27. The number of nitrogens with zero attached hydrogens (tertiary/aromatic N) is 1. The molecular formula is C15H20N2S. The van der Waals surface area contributed by atoms with Crippen LogP contribution in [0.2, 0.25) is 0 Å². The van der Waals surface area contributed by atoms with E-state index in [2.05, 4.69) is 60.0 Å². The van der Waals surface area contributed by atoms with Crippen molar-refractivity contribution in [2.75, 3.05) is 7.05 Å². The molecule has 2 nitrogen and oxygen atoms in total. The number of benzene rings is 1. The lowest BCUT2D eigenvalue weighted by Gasteiger charge is -2.31. The van der Waals surface area contributed by atoms with Crippen LogP contribution >= 0.6 is 11.3 Å². The first-order chi connectivity index (χ1) is 8.68. The molecule has 0 spiro atoms. The van der Waals surface area contributed by atoms with Crippen molar-refractivity contribution in [2.24, 2.45) is 5.73 Å². The maximum absolute atomic E-state index is 6.16. The molecule has 2 rings (SSSR count). The smallest absolute Gasteiger partial charge is 0.0496 e. The Balaban J connectivity index is 2.15. The average molecular weight is 260 g/mol. The largest absolute Gasteiger partial charge is 0.326 e. The fourth-order valence-corrected chi connectivity index (χ4v) is 3.04. The Kier molecular flexibility index (Phi) is 4.53. The molecule has 1 aromatic carbocycles. The summed E-state index contributed by atoms with van der Waals surface area (Å²) < 4.78 is 0. The fraction of sp³-hybridized carbons (Fsp3) is 0.333. The van der Waals surface area contributed by atoms with Gasteiger partial charge in [-0.05, 0) is 41.9 Å². The molecule has 1 aromatic heterocycles. The average Bonchev–Trinajstić information content (AvgIpc) is 2.83. The second-order valence-electron chi connectivity index (χ2n) is 4.76. The summed E-state index contributed by atoms with van der Waals surface area (Å²) in [4.78, 5) is 2.32. The molecule has 3 heteroatoms. The minimum absolute atomic E-state index is 0.107. The SMILES string of the molecule is CC(N)C(c1ccccc1)N(C)Cc1ccsc1. The Morgan fingerprint density at radius 2 is 1.94 bits per heavy atom. The maximum atomic E-state index is 6.16. The number of likely N-dealkylation sites (N-methyl/N-ethyl adjacent to an activating group) is 1. The normalized spacial score (nSPS) is 14.7. The van der Waals surface area contributed by atoms with E-state index in [1.54, 1.807) is 11.3 Å². The monoisotopic (exact) mass is 260 g/mol. The molecule has 0 saturated carbocycles. The van der Waals surface area contributed by atoms with E-state index in [-0.39, 0.29) is 12.1 Å². The van der Waals surface area contributed by atoms with Crippen LogP contribution in [0.3, 0.4) is 0 Å². The van der Waals surface area contributed by atoms with Crippen molar-refractivity contribution in [1.82, 2.24) is 4.90 Å². The van der Waals surface area contributed by atoms with E-state index in [1.165, 1.54) is 11.1 Å². The van der Waals surface area contributed by atoms with Crippen LogP contribution in [0.5, 0.6) is 0 Å². The van der Waals surface area contributed by atoms with Crippen molar-refractivity contribution in [2.45, 2.75) is 25.6 Å². The zero-order valence-corrected chi connectivity index (χ0v) is 11.7. The molecule has 2 unspecified atom stereocenters. The van der Waals surface area contributed by atoms with Crippen LogP contribution in [-0.2, 0) is 6.54 Å². The van der Waals surface area contributed by atoms with Crippen molar-refractivity contribution in [3.63, 3.8) is 0 Å². The van der Waals surface area contributed by atoms with E-state index in [4.69, 9.17) is 5.73 Å². The highest BCUT2D eigenvalue weighted by molar-refractivity contribution is 7.07. The van der Waals surface area contributed by atoms with Gasteiger partial charge in [0.05, 0.1) is 0 Å². The number of thiophene rings is 1. The van der Waals surface area contributed by atoms with Gasteiger partial charge in [0.15, 0.2) is 0 Å². The molecule has 2 atom stereocenters. The summed E-state index contributed by atoms with van der Waals surface area (Å²) in [7, 11) is 2.14. The Morgan fingerprint density at radius 1 is 1.22 bits per heavy atom. The molecule has 0 radical (unpaired) electrons. The van der Waals surface area contributed by atoms with Gasteiger partial charge in [-0.3, -0.25) is 4.90 Å². The summed E-state index contributed by atoms with van der Waals surface area (Å²) in [6.07, 6.45) is 0. The van der Waals surface area contributed by atoms with E-state index in [0.29, 0.717) is 0 Å². The van der Waals surface area contributed by atoms with Gasteiger partial charge in [0.25, 0.3) is 0 Å². The lowest BCUT2D eigenvalue weighted by molar-refractivity contribution is 0.211. The second kappa shape index (κ2) is 6.14. The van der Waals surface area contributed by atoms with E-state index < -0.39 is 0 Å². The molecule has 0 aliphatic rings. The van der Waals surface area contributed by atoms with Crippen LogP contribution in [0.1, 0.15) is 24.1 Å². The van der Waals surface area contributed by atoms with Crippen molar-refractivity contribution >= 4 is 11.3 Å². The topological polar surface area (TPSA) is 29.3 Å². The maximum Gasteiger partial charge on any atom is 0.0496 e. The van der Waals surface area contributed by atoms with Crippen molar-refractivity contribution in [3.8, 4) is 0 Å². The first-order valence-electron chi connectivity index (χ1n) is 6.20. The van der Waals surface area contributed by atoms with E-state index in [1.807, 2.05) is 6.07 Å². The van der Waals surface area contributed by atoms with Gasteiger partial charge < -0.3 is 5.73 Å². The van der Waals surface area contributed by atoms with Gasteiger partial charge in [0.2, 0.25) is 0 Å². The third-order valence-electron chi connectivity index (χ3n) is 3.13. The molecule has 0 amide bonds. The molecule has 96 valence electrons. The van der Waals surface area contributed by atoms with Crippen LogP contribution in [-0.4, -0.2) is 18.0 Å². The Labute approximate surface area is 113 Å². The first-order valence-corrected chi connectivity index (χ1v) is 7.14. The molecule has 18 heavy (non-hydrogen) atoms. The molecule has 0 aliphatic heterocycles.